The molecule has 1 N–H and O–H groups in total. The van der Waals surface area contributed by atoms with E-state index >= 15 is 0 Å². The van der Waals surface area contributed by atoms with Crippen LogP contribution < -0.4 is 5.32 Å². The van der Waals surface area contributed by atoms with Crippen LogP contribution in [0.1, 0.15) is 41.6 Å². The van der Waals surface area contributed by atoms with Crippen LogP contribution in [0.25, 0.3) is 11.4 Å². The highest BCUT2D eigenvalue weighted by Crippen LogP contribution is 2.27. The Morgan fingerprint density at radius 2 is 2.03 bits per heavy atom. The van der Waals surface area contributed by atoms with Crippen molar-refractivity contribution in [2.24, 2.45) is 5.92 Å². The van der Waals surface area contributed by atoms with E-state index < -0.39 is 0 Å². The van der Waals surface area contributed by atoms with Crippen molar-refractivity contribution in [1.82, 2.24) is 20.4 Å². The van der Waals surface area contributed by atoms with E-state index in [0.29, 0.717) is 35.8 Å². The summed E-state index contributed by atoms with van der Waals surface area (Å²) < 4.78 is 5.03. The van der Waals surface area contributed by atoms with E-state index in [1.54, 1.807) is 13.0 Å². The number of nitrogens with one attached hydrogen (secondary N) is 1. The van der Waals surface area contributed by atoms with Crippen LogP contribution in [-0.4, -0.2) is 40.1 Å². The van der Waals surface area contributed by atoms with E-state index in [4.69, 9.17) is 4.52 Å². The first-order valence-electron chi connectivity index (χ1n) is 10.6. The molecule has 2 atom stereocenters. The molecule has 0 aliphatic carbocycles. The van der Waals surface area contributed by atoms with Gasteiger partial charge in [-0.1, -0.05) is 47.6 Å². The monoisotopic (exact) mass is 404 g/mol. The lowest BCUT2D eigenvalue weighted by atomic mass is 10.0. The van der Waals surface area contributed by atoms with Gasteiger partial charge in [0.05, 0.1) is 0 Å². The minimum Gasteiger partial charge on any atom is -0.352 e. The molecule has 6 heteroatoms. The van der Waals surface area contributed by atoms with Crippen molar-refractivity contribution in [2.45, 2.75) is 39.3 Å². The molecule has 0 unspecified atom stereocenters. The molecule has 1 saturated heterocycles. The van der Waals surface area contributed by atoms with Gasteiger partial charge in [-0.25, -0.2) is 0 Å². The molecule has 0 saturated carbocycles. The van der Waals surface area contributed by atoms with E-state index in [0.717, 1.165) is 25.1 Å². The highest BCUT2D eigenvalue weighted by Gasteiger charge is 2.28. The van der Waals surface area contributed by atoms with Gasteiger partial charge in [0.2, 0.25) is 11.7 Å². The molecule has 0 bridgehead atoms. The second-order valence-corrected chi connectivity index (χ2v) is 8.13. The van der Waals surface area contributed by atoms with Crippen molar-refractivity contribution in [3.8, 4) is 11.4 Å². The molecular weight excluding hydrogens is 376 g/mol. The minimum atomic E-state index is -0.0655. The zero-order chi connectivity index (χ0) is 20.9. The number of carbonyl (C=O) groups excluding carboxylic acids is 1. The zero-order valence-corrected chi connectivity index (χ0v) is 17.5. The summed E-state index contributed by atoms with van der Waals surface area (Å²) in [5.74, 6) is 1.55. The normalized spacial score (nSPS) is 19.1. The van der Waals surface area contributed by atoms with Crippen molar-refractivity contribution in [3.63, 3.8) is 0 Å². The van der Waals surface area contributed by atoms with E-state index in [9.17, 15) is 4.79 Å². The van der Waals surface area contributed by atoms with Gasteiger partial charge in [0, 0.05) is 43.7 Å². The summed E-state index contributed by atoms with van der Waals surface area (Å²) in [5, 5.41) is 6.99. The predicted octanol–water partition coefficient (Wildman–Crippen LogP) is 4.08. The van der Waals surface area contributed by atoms with E-state index in [1.807, 2.05) is 18.2 Å². The lowest BCUT2D eigenvalue weighted by Gasteiger charge is -2.21. The van der Waals surface area contributed by atoms with Crippen LogP contribution in [0, 0.1) is 12.8 Å². The van der Waals surface area contributed by atoms with Gasteiger partial charge < -0.3 is 9.84 Å². The number of aromatic nitrogens is 2. The first-order valence-corrected chi connectivity index (χ1v) is 10.6. The molecule has 1 aliphatic rings. The number of aryl methyl sites for hydroxylation is 1. The first kappa shape index (κ1) is 20.3. The molecule has 6 nitrogen and oxygen atoms in total. The maximum absolute atomic E-state index is 12.6. The summed E-state index contributed by atoms with van der Waals surface area (Å²) in [7, 11) is 0. The van der Waals surface area contributed by atoms with Gasteiger partial charge in [0.25, 0.3) is 5.91 Å². The maximum atomic E-state index is 12.6. The zero-order valence-electron chi connectivity index (χ0n) is 17.5. The van der Waals surface area contributed by atoms with Gasteiger partial charge in [-0.3, -0.25) is 9.69 Å². The van der Waals surface area contributed by atoms with Crippen LogP contribution in [0.15, 0.2) is 59.1 Å². The summed E-state index contributed by atoms with van der Waals surface area (Å²) in [5.41, 5.74) is 2.75. The van der Waals surface area contributed by atoms with Crippen molar-refractivity contribution in [3.05, 3.63) is 71.6 Å². The second-order valence-electron chi connectivity index (χ2n) is 8.13. The Balaban J connectivity index is 1.27. The smallest absolute Gasteiger partial charge is 0.251 e. The molecule has 156 valence electrons. The molecule has 3 aromatic rings. The number of carbonyl (C=O) groups is 1. The largest absolute Gasteiger partial charge is 0.352 e. The topological polar surface area (TPSA) is 71.3 Å². The summed E-state index contributed by atoms with van der Waals surface area (Å²) in [6.45, 7) is 6.80. The summed E-state index contributed by atoms with van der Waals surface area (Å²) in [6, 6.07) is 18.5. The average Bonchev–Trinajstić information content (AvgIpc) is 3.34. The van der Waals surface area contributed by atoms with Gasteiger partial charge in [0.1, 0.15) is 0 Å². The SMILES string of the molecule is Cc1nc(-c2cccc(C(=O)NCC[C@@H]3C[C@H](C)N(Cc4ccccc4)C3)c2)no1. The van der Waals surface area contributed by atoms with Crippen LogP contribution >= 0.6 is 0 Å². The van der Waals surface area contributed by atoms with Gasteiger partial charge >= 0.3 is 0 Å². The molecule has 30 heavy (non-hydrogen) atoms. The Hall–Kier alpha value is -2.99. The van der Waals surface area contributed by atoms with Crippen molar-refractivity contribution in [2.75, 3.05) is 13.1 Å². The van der Waals surface area contributed by atoms with Crippen molar-refractivity contribution < 1.29 is 9.32 Å². The number of benzene rings is 2. The fraction of sp³-hybridized carbons (Fsp3) is 0.375. The maximum Gasteiger partial charge on any atom is 0.251 e. The Labute approximate surface area is 177 Å². The Morgan fingerprint density at radius 3 is 2.80 bits per heavy atom. The Bertz CT molecular complexity index is 986. The Kier molecular flexibility index (Phi) is 6.23. The summed E-state index contributed by atoms with van der Waals surface area (Å²) >= 11 is 0. The number of hydrogen-bond acceptors (Lipinski definition) is 5. The lowest BCUT2D eigenvalue weighted by Crippen LogP contribution is -2.28. The van der Waals surface area contributed by atoms with Crippen LogP contribution in [0.2, 0.25) is 0 Å². The van der Waals surface area contributed by atoms with Crippen molar-refractivity contribution >= 4 is 5.91 Å². The average molecular weight is 405 g/mol. The van der Waals surface area contributed by atoms with E-state index in [2.05, 4.69) is 57.6 Å². The second kappa shape index (κ2) is 9.22. The molecule has 1 aliphatic heterocycles. The molecule has 2 aromatic carbocycles. The van der Waals surface area contributed by atoms with E-state index in [1.165, 1.54) is 12.0 Å². The van der Waals surface area contributed by atoms with E-state index in [-0.39, 0.29) is 5.91 Å². The van der Waals surface area contributed by atoms with Gasteiger partial charge in [-0.2, -0.15) is 4.98 Å². The first-order chi connectivity index (χ1) is 14.6. The highest BCUT2D eigenvalue weighted by atomic mass is 16.5. The molecule has 1 fully saturated rings. The number of likely N-dealkylation sites (tertiary alicyclic amines) is 1. The highest BCUT2D eigenvalue weighted by molar-refractivity contribution is 5.95. The molecule has 0 radical (unpaired) electrons. The summed E-state index contributed by atoms with van der Waals surface area (Å²) in [4.78, 5) is 19.4. The molecule has 2 heterocycles. The number of hydrogen-bond donors (Lipinski definition) is 1. The predicted molar refractivity (Wildman–Crippen MR) is 116 cm³/mol. The fourth-order valence-electron chi connectivity index (χ4n) is 4.17. The molecule has 0 spiro atoms. The number of nitrogens with zero attached hydrogens (tertiary/aromatic N) is 3. The van der Waals surface area contributed by atoms with Gasteiger partial charge in [-0.15, -0.1) is 0 Å². The third kappa shape index (κ3) is 4.94. The quantitative estimate of drug-likeness (QED) is 0.643. The Morgan fingerprint density at radius 1 is 1.20 bits per heavy atom. The molecule has 4 rings (SSSR count). The van der Waals surface area contributed by atoms with Crippen LogP contribution in [0.5, 0.6) is 0 Å². The third-order valence-corrected chi connectivity index (χ3v) is 5.77. The van der Waals surface area contributed by atoms with Crippen LogP contribution in [0.4, 0.5) is 0 Å². The lowest BCUT2D eigenvalue weighted by molar-refractivity contribution is 0.0951. The third-order valence-electron chi connectivity index (χ3n) is 5.77. The number of rotatable bonds is 7. The van der Waals surface area contributed by atoms with Crippen LogP contribution in [-0.2, 0) is 6.54 Å². The molecule has 1 aromatic heterocycles. The number of amides is 1. The van der Waals surface area contributed by atoms with Crippen molar-refractivity contribution in [1.29, 1.82) is 0 Å². The molecular formula is C24H28N4O2. The fourth-order valence-corrected chi connectivity index (χ4v) is 4.17. The van der Waals surface area contributed by atoms with Gasteiger partial charge in [-0.05, 0) is 43.4 Å². The minimum absolute atomic E-state index is 0.0655. The summed E-state index contributed by atoms with van der Waals surface area (Å²) in [6.07, 6.45) is 2.17. The van der Waals surface area contributed by atoms with Gasteiger partial charge in [0.15, 0.2) is 0 Å². The molecule has 1 amide bonds. The standard InChI is InChI=1S/C24H28N4O2/c1-17-13-20(16-28(17)15-19-7-4-3-5-8-19)11-12-25-24(29)22-10-6-9-21(14-22)23-26-18(2)30-27-23/h3-10,14,17,20H,11-13,15-16H2,1-2H3,(H,25,29)/t17-,20+/m0/s1. The van der Waals surface area contributed by atoms with Crippen LogP contribution in [0.3, 0.4) is 0 Å².